The molecule has 0 aromatic rings. The van der Waals surface area contributed by atoms with E-state index in [0.717, 1.165) is 39.0 Å². The first-order valence-corrected chi connectivity index (χ1v) is 10.4. The quantitative estimate of drug-likeness (QED) is 0.135. The molecule has 9 N–H and O–H groups in total. The number of aliphatic imine (C=N–C) groups is 2. The fourth-order valence-electron chi connectivity index (χ4n) is 2.86. The van der Waals surface area contributed by atoms with E-state index in [-0.39, 0.29) is 11.9 Å². The van der Waals surface area contributed by atoms with Crippen LogP contribution in [0.2, 0.25) is 0 Å². The van der Waals surface area contributed by atoms with Gasteiger partial charge in [-0.2, -0.15) is 0 Å². The van der Waals surface area contributed by atoms with Crippen LogP contribution in [0.4, 0.5) is 0 Å². The second-order valence-corrected chi connectivity index (χ2v) is 6.96. The first-order chi connectivity index (χ1) is 12.6. The van der Waals surface area contributed by atoms with Gasteiger partial charge in [0.15, 0.2) is 11.9 Å². The maximum absolute atomic E-state index is 5.29. The molecule has 0 spiro atoms. The van der Waals surface area contributed by atoms with Crippen LogP contribution in [0.25, 0.3) is 0 Å². The highest BCUT2D eigenvalue weighted by molar-refractivity contribution is 5.75. The third-order valence-corrected chi connectivity index (χ3v) is 4.36. The van der Waals surface area contributed by atoms with Crippen LogP contribution in [0.3, 0.4) is 0 Å². The summed E-state index contributed by atoms with van der Waals surface area (Å²) >= 11 is 0. The molecule has 0 aliphatic rings. The summed E-state index contributed by atoms with van der Waals surface area (Å²) < 4.78 is 0. The van der Waals surface area contributed by atoms with Gasteiger partial charge in [-0.05, 0) is 38.8 Å². The van der Waals surface area contributed by atoms with E-state index in [9.17, 15) is 0 Å². The Balaban J connectivity index is 3.05. The molecule has 0 heterocycles. The van der Waals surface area contributed by atoms with Gasteiger partial charge in [0.05, 0.1) is 0 Å². The normalized spacial score (nSPS) is 10.6. The molecule has 0 aliphatic heterocycles. The van der Waals surface area contributed by atoms with E-state index in [1.165, 1.54) is 70.6 Å². The zero-order valence-electron chi connectivity index (χ0n) is 16.7. The van der Waals surface area contributed by atoms with Crippen LogP contribution in [0.5, 0.6) is 0 Å². The van der Waals surface area contributed by atoms with Crippen molar-refractivity contribution in [3.8, 4) is 0 Å². The molecule has 0 aliphatic carbocycles. The zero-order valence-corrected chi connectivity index (χ0v) is 16.7. The highest BCUT2D eigenvalue weighted by atomic mass is 15.0. The number of hydrogen-bond acceptors (Lipinski definition) is 3. The summed E-state index contributed by atoms with van der Waals surface area (Å²) in [7, 11) is 0. The van der Waals surface area contributed by atoms with Crippen molar-refractivity contribution in [3.05, 3.63) is 0 Å². The van der Waals surface area contributed by atoms with Crippen molar-refractivity contribution in [3.63, 3.8) is 0 Å². The summed E-state index contributed by atoms with van der Waals surface area (Å²) in [5.41, 5.74) is 21.2. The summed E-state index contributed by atoms with van der Waals surface area (Å²) in [5.74, 6) is 0.410. The lowest BCUT2D eigenvalue weighted by atomic mass is 10.1. The number of rotatable bonds is 19. The standard InChI is InChI=1S/C19H43N7/c20-18(21)25-16-12-8-3-1-2-6-10-14-24-15-11-7-4-5-9-13-17-26-19(22)23/h24H,1-17H2,(H4,20,21,25)(H4,22,23,26). The molecule has 0 radical (unpaired) electrons. The molecule has 0 aromatic heterocycles. The molecule has 0 atom stereocenters. The van der Waals surface area contributed by atoms with Crippen molar-refractivity contribution in [2.24, 2.45) is 32.9 Å². The van der Waals surface area contributed by atoms with Crippen LogP contribution < -0.4 is 28.3 Å². The van der Waals surface area contributed by atoms with Crippen LogP contribution in [0.15, 0.2) is 9.98 Å². The lowest BCUT2D eigenvalue weighted by Gasteiger charge is -2.05. The van der Waals surface area contributed by atoms with Gasteiger partial charge < -0.3 is 28.3 Å². The molecular weight excluding hydrogens is 326 g/mol. The van der Waals surface area contributed by atoms with E-state index in [1.54, 1.807) is 0 Å². The lowest BCUT2D eigenvalue weighted by Crippen LogP contribution is -2.22. The van der Waals surface area contributed by atoms with Crippen LogP contribution in [0, 0.1) is 0 Å². The second kappa shape index (κ2) is 19.8. The Morgan fingerprint density at radius 1 is 0.462 bits per heavy atom. The lowest BCUT2D eigenvalue weighted by molar-refractivity contribution is 0.537. The largest absolute Gasteiger partial charge is 0.370 e. The predicted molar refractivity (Wildman–Crippen MR) is 114 cm³/mol. The third kappa shape index (κ3) is 22.5. The first kappa shape index (κ1) is 24.5. The minimum atomic E-state index is 0.204. The summed E-state index contributed by atoms with van der Waals surface area (Å²) in [6.45, 7) is 3.84. The Labute approximate surface area is 160 Å². The van der Waals surface area contributed by atoms with E-state index >= 15 is 0 Å². The van der Waals surface area contributed by atoms with Gasteiger partial charge in [-0.15, -0.1) is 0 Å². The van der Waals surface area contributed by atoms with Gasteiger partial charge in [0.25, 0.3) is 0 Å². The van der Waals surface area contributed by atoms with Crippen molar-refractivity contribution in [2.75, 3.05) is 26.2 Å². The molecule has 0 saturated heterocycles. The molecule has 7 nitrogen and oxygen atoms in total. The van der Waals surface area contributed by atoms with Crippen LogP contribution in [-0.4, -0.2) is 38.1 Å². The number of guanidine groups is 2. The van der Waals surface area contributed by atoms with Gasteiger partial charge in [0, 0.05) is 13.1 Å². The highest BCUT2D eigenvalue weighted by Gasteiger charge is 1.94. The van der Waals surface area contributed by atoms with Crippen molar-refractivity contribution >= 4 is 11.9 Å². The van der Waals surface area contributed by atoms with Gasteiger partial charge >= 0.3 is 0 Å². The number of nitrogens with one attached hydrogen (secondary N) is 1. The molecule has 0 bridgehead atoms. The average Bonchev–Trinajstić information content (AvgIpc) is 2.59. The van der Waals surface area contributed by atoms with Gasteiger partial charge in [0.1, 0.15) is 0 Å². The van der Waals surface area contributed by atoms with Gasteiger partial charge in [0.2, 0.25) is 0 Å². The van der Waals surface area contributed by atoms with Gasteiger partial charge in [-0.1, -0.05) is 57.8 Å². The predicted octanol–water partition coefficient (Wildman–Crippen LogP) is 2.19. The molecule has 154 valence electrons. The Hall–Kier alpha value is -1.50. The van der Waals surface area contributed by atoms with Crippen molar-refractivity contribution in [1.29, 1.82) is 0 Å². The Morgan fingerprint density at radius 2 is 0.769 bits per heavy atom. The molecule has 7 heteroatoms. The molecule has 0 unspecified atom stereocenters. The van der Waals surface area contributed by atoms with Crippen molar-refractivity contribution in [2.45, 2.75) is 83.5 Å². The Morgan fingerprint density at radius 3 is 1.12 bits per heavy atom. The number of hydrogen-bond donors (Lipinski definition) is 5. The minimum Gasteiger partial charge on any atom is -0.370 e. The van der Waals surface area contributed by atoms with Crippen LogP contribution in [0.1, 0.15) is 83.5 Å². The third-order valence-electron chi connectivity index (χ3n) is 4.36. The van der Waals surface area contributed by atoms with E-state index in [1.807, 2.05) is 0 Å². The van der Waals surface area contributed by atoms with E-state index in [2.05, 4.69) is 15.3 Å². The second-order valence-electron chi connectivity index (χ2n) is 6.96. The average molecular weight is 370 g/mol. The van der Waals surface area contributed by atoms with Gasteiger partial charge in [-0.3, -0.25) is 9.98 Å². The summed E-state index contributed by atoms with van der Waals surface area (Å²) in [4.78, 5) is 7.98. The fourth-order valence-corrected chi connectivity index (χ4v) is 2.86. The number of unbranched alkanes of at least 4 members (excludes halogenated alkanes) is 11. The van der Waals surface area contributed by atoms with Crippen molar-refractivity contribution < 1.29 is 0 Å². The van der Waals surface area contributed by atoms with Crippen LogP contribution >= 0.6 is 0 Å². The smallest absolute Gasteiger partial charge is 0.185 e. The molecule has 0 fully saturated rings. The molecule has 0 saturated carbocycles. The highest BCUT2D eigenvalue weighted by Crippen LogP contribution is 2.07. The maximum atomic E-state index is 5.29. The van der Waals surface area contributed by atoms with E-state index in [4.69, 9.17) is 22.9 Å². The molecular formula is C19H43N7. The summed E-state index contributed by atoms with van der Waals surface area (Å²) in [5, 5.41) is 3.55. The zero-order chi connectivity index (χ0) is 19.3. The number of nitrogens with two attached hydrogens (primary N) is 4. The molecule has 26 heavy (non-hydrogen) atoms. The minimum absolute atomic E-state index is 0.204. The fraction of sp³-hybridized carbons (Fsp3) is 0.895. The molecule has 0 rings (SSSR count). The Kier molecular flexibility index (Phi) is 18.7. The monoisotopic (exact) mass is 369 g/mol. The van der Waals surface area contributed by atoms with Crippen molar-refractivity contribution in [1.82, 2.24) is 5.32 Å². The van der Waals surface area contributed by atoms with E-state index in [0.29, 0.717) is 0 Å². The summed E-state index contributed by atoms with van der Waals surface area (Å²) in [6, 6.07) is 0. The summed E-state index contributed by atoms with van der Waals surface area (Å²) in [6.07, 6.45) is 16.4. The first-order valence-electron chi connectivity index (χ1n) is 10.4. The maximum Gasteiger partial charge on any atom is 0.185 e. The van der Waals surface area contributed by atoms with Gasteiger partial charge in [-0.25, -0.2) is 0 Å². The number of nitrogens with zero attached hydrogens (tertiary/aromatic N) is 2. The SMILES string of the molecule is NC(N)=NCCCCCCCCCNCCCCCCCCN=C(N)N. The van der Waals surface area contributed by atoms with E-state index < -0.39 is 0 Å². The molecule has 0 amide bonds. The Bertz CT molecular complexity index is 314. The topological polar surface area (TPSA) is 141 Å². The van der Waals surface area contributed by atoms with Crippen LogP contribution in [-0.2, 0) is 0 Å². The molecule has 0 aromatic carbocycles.